The summed E-state index contributed by atoms with van der Waals surface area (Å²) >= 11 is 0. The summed E-state index contributed by atoms with van der Waals surface area (Å²) in [6.45, 7) is 9.61. The van der Waals surface area contributed by atoms with Gasteiger partial charge in [0, 0.05) is 50.5 Å². The first-order valence-electron chi connectivity index (χ1n) is 10.2. The molecular formula is C24H31N3O. The average Bonchev–Trinajstić information content (AvgIpc) is 2.74. The zero-order chi connectivity index (χ0) is 19.8. The Morgan fingerprint density at radius 3 is 2.29 bits per heavy atom. The lowest BCUT2D eigenvalue weighted by atomic mass is 10.1. The molecule has 4 nitrogen and oxygen atoms in total. The number of anilines is 1. The maximum absolute atomic E-state index is 12.2. The number of nitrogens with zero attached hydrogens (tertiary/aromatic N) is 2. The van der Waals surface area contributed by atoms with Crippen LogP contribution in [0.1, 0.15) is 31.4 Å². The van der Waals surface area contributed by atoms with Crippen molar-refractivity contribution in [3.8, 4) is 0 Å². The largest absolute Gasteiger partial charge is 0.369 e. The Kier molecular flexibility index (Phi) is 7.26. The maximum Gasteiger partial charge on any atom is 0.246 e. The van der Waals surface area contributed by atoms with Crippen molar-refractivity contribution in [1.82, 2.24) is 10.2 Å². The molecule has 0 bridgehead atoms. The van der Waals surface area contributed by atoms with Gasteiger partial charge in [0.05, 0.1) is 0 Å². The van der Waals surface area contributed by atoms with Gasteiger partial charge in [-0.15, -0.1) is 0 Å². The van der Waals surface area contributed by atoms with Crippen molar-refractivity contribution < 1.29 is 4.79 Å². The summed E-state index contributed by atoms with van der Waals surface area (Å²) in [5.41, 5.74) is 4.59. The number of nitrogens with one attached hydrogen (secondary N) is 1. The Morgan fingerprint density at radius 1 is 0.964 bits per heavy atom. The summed E-state index contributed by atoms with van der Waals surface area (Å²) in [5.74, 6) is 0.0214. The highest BCUT2D eigenvalue weighted by molar-refractivity contribution is 5.92. The molecule has 1 heterocycles. The molecule has 0 atom stereocenters. The Bertz CT molecular complexity index is 793. The SMILES string of the molecule is CCC=C(C)C(=O)NCc1ccccc1CN1CCN(c2ccccc2)CC1. The van der Waals surface area contributed by atoms with Gasteiger partial charge in [0.15, 0.2) is 0 Å². The number of benzene rings is 2. The van der Waals surface area contributed by atoms with Gasteiger partial charge in [0.25, 0.3) is 0 Å². The van der Waals surface area contributed by atoms with E-state index in [-0.39, 0.29) is 5.91 Å². The summed E-state index contributed by atoms with van der Waals surface area (Å²) in [6.07, 6.45) is 2.85. The zero-order valence-electron chi connectivity index (χ0n) is 17.0. The van der Waals surface area contributed by atoms with E-state index >= 15 is 0 Å². The highest BCUT2D eigenvalue weighted by atomic mass is 16.1. The molecular weight excluding hydrogens is 346 g/mol. The molecule has 0 spiro atoms. The summed E-state index contributed by atoms with van der Waals surface area (Å²) < 4.78 is 0. The van der Waals surface area contributed by atoms with E-state index in [1.807, 2.05) is 26.0 Å². The van der Waals surface area contributed by atoms with Gasteiger partial charge in [-0.3, -0.25) is 9.69 Å². The topological polar surface area (TPSA) is 35.6 Å². The number of rotatable bonds is 7. The second kappa shape index (κ2) is 10.1. The van der Waals surface area contributed by atoms with E-state index in [2.05, 4.69) is 63.6 Å². The molecule has 0 aliphatic carbocycles. The molecule has 1 amide bonds. The van der Waals surface area contributed by atoms with Gasteiger partial charge in [-0.05, 0) is 36.6 Å². The molecule has 1 aliphatic rings. The summed E-state index contributed by atoms with van der Waals surface area (Å²) in [7, 11) is 0. The molecule has 0 saturated carbocycles. The van der Waals surface area contributed by atoms with E-state index in [1.165, 1.54) is 16.8 Å². The van der Waals surface area contributed by atoms with Crippen molar-refractivity contribution in [3.05, 3.63) is 77.4 Å². The van der Waals surface area contributed by atoms with Crippen LogP contribution in [0.3, 0.4) is 0 Å². The van der Waals surface area contributed by atoms with E-state index in [9.17, 15) is 4.79 Å². The molecule has 1 aliphatic heterocycles. The molecule has 1 saturated heterocycles. The lowest BCUT2D eigenvalue weighted by Gasteiger charge is -2.36. The molecule has 1 N–H and O–H groups in total. The summed E-state index contributed by atoms with van der Waals surface area (Å²) in [6, 6.07) is 19.1. The first kappa shape index (κ1) is 20.2. The number of hydrogen-bond donors (Lipinski definition) is 1. The van der Waals surface area contributed by atoms with E-state index in [4.69, 9.17) is 0 Å². The summed E-state index contributed by atoms with van der Waals surface area (Å²) in [5, 5.41) is 3.06. The van der Waals surface area contributed by atoms with E-state index in [1.54, 1.807) is 0 Å². The number of amides is 1. The quantitative estimate of drug-likeness (QED) is 0.742. The van der Waals surface area contributed by atoms with Crippen LogP contribution in [-0.2, 0) is 17.9 Å². The van der Waals surface area contributed by atoms with Gasteiger partial charge in [0.2, 0.25) is 5.91 Å². The van der Waals surface area contributed by atoms with E-state index < -0.39 is 0 Å². The molecule has 28 heavy (non-hydrogen) atoms. The smallest absolute Gasteiger partial charge is 0.246 e. The minimum Gasteiger partial charge on any atom is -0.369 e. The van der Waals surface area contributed by atoms with Crippen molar-refractivity contribution >= 4 is 11.6 Å². The summed E-state index contributed by atoms with van der Waals surface area (Å²) in [4.78, 5) is 17.1. The van der Waals surface area contributed by atoms with Crippen LogP contribution < -0.4 is 10.2 Å². The minimum atomic E-state index is 0.0214. The predicted molar refractivity (Wildman–Crippen MR) is 116 cm³/mol. The van der Waals surface area contributed by atoms with Gasteiger partial charge in [-0.25, -0.2) is 0 Å². The minimum absolute atomic E-state index is 0.0214. The fourth-order valence-electron chi connectivity index (χ4n) is 3.64. The third-order valence-corrected chi connectivity index (χ3v) is 5.31. The van der Waals surface area contributed by atoms with Crippen LogP contribution in [-0.4, -0.2) is 37.0 Å². The van der Waals surface area contributed by atoms with Gasteiger partial charge in [-0.1, -0.05) is 55.5 Å². The van der Waals surface area contributed by atoms with Crippen molar-refractivity contribution in [2.45, 2.75) is 33.4 Å². The molecule has 2 aromatic rings. The normalized spacial score (nSPS) is 15.5. The van der Waals surface area contributed by atoms with Gasteiger partial charge >= 0.3 is 0 Å². The first-order chi connectivity index (χ1) is 13.7. The Morgan fingerprint density at radius 2 is 1.61 bits per heavy atom. The molecule has 2 aromatic carbocycles. The van der Waals surface area contributed by atoms with Crippen LogP contribution in [0.4, 0.5) is 5.69 Å². The zero-order valence-corrected chi connectivity index (χ0v) is 17.0. The number of piperazine rings is 1. The Labute approximate surface area is 168 Å². The fraction of sp³-hybridized carbons (Fsp3) is 0.375. The van der Waals surface area contributed by atoms with Crippen LogP contribution >= 0.6 is 0 Å². The molecule has 4 heteroatoms. The second-order valence-corrected chi connectivity index (χ2v) is 7.35. The molecule has 0 aromatic heterocycles. The lowest BCUT2D eigenvalue weighted by molar-refractivity contribution is -0.117. The number of carbonyl (C=O) groups is 1. The van der Waals surface area contributed by atoms with Crippen LogP contribution in [0.15, 0.2) is 66.2 Å². The van der Waals surface area contributed by atoms with Gasteiger partial charge < -0.3 is 10.2 Å². The molecule has 148 valence electrons. The third-order valence-electron chi connectivity index (χ3n) is 5.31. The predicted octanol–water partition coefficient (Wildman–Crippen LogP) is 3.98. The monoisotopic (exact) mass is 377 g/mol. The second-order valence-electron chi connectivity index (χ2n) is 7.35. The van der Waals surface area contributed by atoms with Crippen LogP contribution in [0.25, 0.3) is 0 Å². The standard InChI is InChI=1S/C24H31N3O/c1-3-9-20(2)24(28)25-18-21-10-7-8-11-22(21)19-26-14-16-27(17-15-26)23-12-5-4-6-13-23/h4-13H,3,14-19H2,1-2H3,(H,25,28). The van der Waals surface area contributed by atoms with Crippen LogP contribution in [0.2, 0.25) is 0 Å². The average molecular weight is 378 g/mol. The van der Waals surface area contributed by atoms with Crippen LogP contribution in [0.5, 0.6) is 0 Å². The molecule has 1 fully saturated rings. The number of carbonyl (C=O) groups excluding carboxylic acids is 1. The first-order valence-corrected chi connectivity index (χ1v) is 10.2. The van der Waals surface area contributed by atoms with Crippen molar-refractivity contribution in [2.75, 3.05) is 31.1 Å². The Balaban J connectivity index is 1.55. The van der Waals surface area contributed by atoms with Crippen molar-refractivity contribution in [2.24, 2.45) is 0 Å². The highest BCUT2D eigenvalue weighted by Crippen LogP contribution is 2.18. The van der Waals surface area contributed by atoms with E-state index in [0.29, 0.717) is 6.54 Å². The molecule has 0 unspecified atom stereocenters. The lowest BCUT2D eigenvalue weighted by Crippen LogP contribution is -2.46. The number of allylic oxidation sites excluding steroid dienone is 1. The Hall–Kier alpha value is -2.59. The fourth-order valence-corrected chi connectivity index (χ4v) is 3.64. The van der Waals surface area contributed by atoms with Crippen LogP contribution in [0, 0.1) is 0 Å². The van der Waals surface area contributed by atoms with Gasteiger partial charge in [-0.2, -0.15) is 0 Å². The van der Waals surface area contributed by atoms with E-state index in [0.717, 1.165) is 44.7 Å². The maximum atomic E-state index is 12.2. The molecule has 3 rings (SSSR count). The van der Waals surface area contributed by atoms with Crippen molar-refractivity contribution in [1.29, 1.82) is 0 Å². The number of para-hydroxylation sites is 1. The highest BCUT2D eigenvalue weighted by Gasteiger charge is 2.18. The van der Waals surface area contributed by atoms with Crippen molar-refractivity contribution in [3.63, 3.8) is 0 Å². The number of hydrogen-bond acceptors (Lipinski definition) is 3. The molecule has 0 radical (unpaired) electrons. The third kappa shape index (κ3) is 5.46. The van der Waals surface area contributed by atoms with Gasteiger partial charge in [0.1, 0.15) is 0 Å².